The standard InChI is InChI=1S/C19H31ClN4O2/c1-19(2,12-15-7-6-8-16(20)11-15)14-23-18(21-9-10-26-5)22-13-17(25)24(3)4/h6-8,11H,9-10,12-14H2,1-5H3,(H2,21,22,23). The van der Waals surface area contributed by atoms with Crippen LogP contribution in [0.5, 0.6) is 0 Å². The normalized spacial score (nSPS) is 12.0. The van der Waals surface area contributed by atoms with Crippen LogP contribution in [0.15, 0.2) is 29.3 Å². The maximum Gasteiger partial charge on any atom is 0.243 e. The summed E-state index contributed by atoms with van der Waals surface area (Å²) < 4.78 is 5.06. The van der Waals surface area contributed by atoms with Crippen molar-refractivity contribution in [2.75, 3.05) is 47.4 Å². The first-order chi connectivity index (χ1) is 12.2. The number of hydrogen-bond donors (Lipinski definition) is 2. The molecule has 0 spiro atoms. The largest absolute Gasteiger partial charge is 0.383 e. The third-order valence-corrected chi connectivity index (χ3v) is 4.01. The summed E-state index contributed by atoms with van der Waals surface area (Å²) in [5.41, 5.74) is 1.18. The lowest BCUT2D eigenvalue weighted by atomic mass is 9.86. The third-order valence-electron chi connectivity index (χ3n) is 3.78. The molecule has 0 unspecified atom stereocenters. The first-order valence-corrected chi connectivity index (χ1v) is 9.07. The van der Waals surface area contributed by atoms with Crippen LogP contribution in [0.25, 0.3) is 0 Å². The summed E-state index contributed by atoms with van der Waals surface area (Å²) >= 11 is 6.08. The Hall–Kier alpha value is -1.79. The Balaban J connectivity index is 2.66. The van der Waals surface area contributed by atoms with E-state index in [0.717, 1.165) is 11.4 Å². The Morgan fingerprint density at radius 2 is 2.04 bits per heavy atom. The number of halogens is 1. The molecule has 0 aliphatic heterocycles. The summed E-state index contributed by atoms with van der Waals surface area (Å²) in [4.78, 5) is 17.7. The molecule has 0 bridgehead atoms. The molecule has 146 valence electrons. The van der Waals surface area contributed by atoms with E-state index in [2.05, 4.69) is 35.5 Å². The van der Waals surface area contributed by atoms with Gasteiger partial charge >= 0.3 is 0 Å². The maximum absolute atomic E-state index is 11.8. The predicted molar refractivity (Wildman–Crippen MR) is 108 cm³/mol. The van der Waals surface area contributed by atoms with Crippen LogP contribution in [-0.4, -0.2) is 64.2 Å². The number of amides is 1. The highest BCUT2D eigenvalue weighted by Gasteiger charge is 2.19. The van der Waals surface area contributed by atoms with Crippen LogP contribution in [0, 0.1) is 5.41 Å². The Morgan fingerprint density at radius 1 is 1.31 bits per heavy atom. The lowest BCUT2D eigenvalue weighted by Gasteiger charge is -2.26. The zero-order valence-corrected chi connectivity index (χ0v) is 17.2. The van der Waals surface area contributed by atoms with Crippen molar-refractivity contribution in [1.82, 2.24) is 15.5 Å². The topological polar surface area (TPSA) is 66.0 Å². The smallest absolute Gasteiger partial charge is 0.243 e. The van der Waals surface area contributed by atoms with Crippen molar-refractivity contribution in [3.8, 4) is 0 Å². The van der Waals surface area contributed by atoms with Gasteiger partial charge in [0.05, 0.1) is 6.61 Å². The van der Waals surface area contributed by atoms with E-state index in [1.54, 1.807) is 21.2 Å². The second-order valence-corrected chi connectivity index (χ2v) is 7.63. The molecular weight excluding hydrogens is 352 g/mol. The van der Waals surface area contributed by atoms with Crippen molar-refractivity contribution in [3.63, 3.8) is 0 Å². The van der Waals surface area contributed by atoms with E-state index < -0.39 is 0 Å². The summed E-state index contributed by atoms with van der Waals surface area (Å²) in [5, 5.41) is 7.26. The molecule has 0 heterocycles. The SMILES string of the molecule is COCCNC(=NCC(=O)N(C)C)NCC(C)(C)Cc1cccc(Cl)c1. The molecule has 0 radical (unpaired) electrons. The van der Waals surface area contributed by atoms with Crippen LogP contribution in [0.1, 0.15) is 19.4 Å². The van der Waals surface area contributed by atoms with E-state index in [0.29, 0.717) is 25.7 Å². The molecule has 0 fully saturated rings. The zero-order chi connectivity index (χ0) is 19.6. The van der Waals surface area contributed by atoms with Gasteiger partial charge in [0, 0.05) is 39.3 Å². The molecule has 0 aliphatic rings. The number of guanidine groups is 1. The van der Waals surface area contributed by atoms with Gasteiger partial charge in [-0.25, -0.2) is 4.99 Å². The number of hydrogen-bond acceptors (Lipinski definition) is 3. The minimum absolute atomic E-state index is 0.0139. The average Bonchev–Trinajstić information content (AvgIpc) is 2.56. The van der Waals surface area contributed by atoms with Gasteiger partial charge in [-0.3, -0.25) is 4.79 Å². The van der Waals surface area contributed by atoms with Crippen LogP contribution < -0.4 is 10.6 Å². The number of nitrogens with zero attached hydrogens (tertiary/aromatic N) is 2. The Bertz CT molecular complexity index is 603. The quantitative estimate of drug-likeness (QED) is 0.390. The van der Waals surface area contributed by atoms with Crippen LogP contribution >= 0.6 is 11.6 Å². The van der Waals surface area contributed by atoms with E-state index in [4.69, 9.17) is 16.3 Å². The number of methoxy groups -OCH3 is 1. The number of carbonyl (C=O) groups is 1. The number of rotatable bonds is 9. The first-order valence-electron chi connectivity index (χ1n) is 8.69. The van der Waals surface area contributed by atoms with Crippen LogP contribution in [-0.2, 0) is 16.0 Å². The number of aliphatic imine (C=N–C) groups is 1. The van der Waals surface area contributed by atoms with Crippen LogP contribution in [0.4, 0.5) is 0 Å². The summed E-state index contributed by atoms with van der Waals surface area (Å²) in [6.45, 7) is 6.34. The van der Waals surface area contributed by atoms with E-state index in [1.165, 1.54) is 10.5 Å². The monoisotopic (exact) mass is 382 g/mol. The molecule has 1 amide bonds. The van der Waals surface area contributed by atoms with Gasteiger partial charge in [-0.05, 0) is 29.5 Å². The Morgan fingerprint density at radius 3 is 2.65 bits per heavy atom. The van der Waals surface area contributed by atoms with Gasteiger partial charge in [-0.1, -0.05) is 37.6 Å². The minimum atomic E-state index is -0.0453. The molecule has 6 nitrogen and oxygen atoms in total. The number of ether oxygens (including phenoxy) is 1. The van der Waals surface area contributed by atoms with E-state index >= 15 is 0 Å². The minimum Gasteiger partial charge on any atom is -0.383 e. The van der Waals surface area contributed by atoms with Gasteiger partial charge in [0.1, 0.15) is 6.54 Å². The van der Waals surface area contributed by atoms with Crippen molar-refractivity contribution in [1.29, 1.82) is 0 Å². The number of nitrogens with one attached hydrogen (secondary N) is 2. The average molecular weight is 383 g/mol. The summed E-state index contributed by atoms with van der Waals surface area (Å²) in [6.07, 6.45) is 0.878. The second-order valence-electron chi connectivity index (χ2n) is 7.20. The molecule has 1 aromatic carbocycles. The molecule has 7 heteroatoms. The Kier molecular flexibility index (Phi) is 9.44. The van der Waals surface area contributed by atoms with Gasteiger partial charge < -0.3 is 20.3 Å². The van der Waals surface area contributed by atoms with Crippen molar-refractivity contribution in [3.05, 3.63) is 34.9 Å². The summed E-state index contributed by atoms with van der Waals surface area (Å²) in [7, 11) is 5.09. The highest BCUT2D eigenvalue weighted by molar-refractivity contribution is 6.30. The van der Waals surface area contributed by atoms with Gasteiger partial charge in [0.15, 0.2) is 5.96 Å². The predicted octanol–water partition coefficient (Wildman–Crippen LogP) is 2.18. The first kappa shape index (κ1) is 22.3. The van der Waals surface area contributed by atoms with E-state index in [9.17, 15) is 4.79 Å². The van der Waals surface area contributed by atoms with Crippen LogP contribution in [0.3, 0.4) is 0 Å². The molecule has 0 saturated carbocycles. The highest BCUT2D eigenvalue weighted by Crippen LogP contribution is 2.22. The molecule has 0 aliphatic carbocycles. The Labute approximate surface area is 162 Å². The molecule has 2 N–H and O–H groups in total. The van der Waals surface area contributed by atoms with E-state index in [1.807, 2.05) is 18.2 Å². The van der Waals surface area contributed by atoms with Gasteiger partial charge in [0.2, 0.25) is 5.91 Å². The lowest BCUT2D eigenvalue weighted by Crippen LogP contribution is -2.44. The number of benzene rings is 1. The zero-order valence-electron chi connectivity index (χ0n) is 16.4. The maximum atomic E-state index is 11.8. The third kappa shape index (κ3) is 9.06. The van der Waals surface area contributed by atoms with Gasteiger partial charge in [0.25, 0.3) is 0 Å². The number of carbonyl (C=O) groups excluding carboxylic acids is 1. The molecule has 0 saturated heterocycles. The van der Waals surface area contributed by atoms with E-state index in [-0.39, 0.29) is 17.9 Å². The van der Waals surface area contributed by atoms with Crippen molar-refractivity contribution in [2.24, 2.45) is 10.4 Å². The fourth-order valence-corrected chi connectivity index (χ4v) is 2.53. The molecule has 0 aromatic heterocycles. The molecule has 26 heavy (non-hydrogen) atoms. The lowest BCUT2D eigenvalue weighted by molar-refractivity contribution is -0.127. The molecule has 1 rings (SSSR count). The fraction of sp³-hybridized carbons (Fsp3) is 0.579. The van der Waals surface area contributed by atoms with Crippen molar-refractivity contribution in [2.45, 2.75) is 20.3 Å². The van der Waals surface area contributed by atoms with Crippen molar-refractivity contribution >= 4 is 23.5 Å². The molecule has 0 atom stereocenters. The number of likely N-dealkylation sites (N-methyl/N-ethyl adjacent to an activating group) is 1. The van der Waals surface area contributed by atoms with Gasteiger partial charge in [-0.15, -0.1) is 0 Å². The molecule has 1 aromatic rings. The van der Waals surface area contributed by atoms with Gasteiger partial charge in [-0.2, -0.15) is 0 Å². The molecular formula is C19H31ClN4O2. The van der Waals surface area contributed by atoms with Crippen molar-refractivity contribution < 1.29 is 9.53 Å². The second kappa shape index (κ2) is 11.0. The fourth-order valence-electron chi connectivity index (χ4n) is 2.32. The van der Waals surface area contributed by atoms with Crippen LogP contribution in [0.2, 0.25) is 5.02 Å². The summed E-state index contributed by atoms with van der Waals surface area (Å²) in [5.74, 6) is 0.562. The summed E-state index contributed by atoms with van der Waals surface area (Å²) in [6, 6.07) is 7.91. The highest BCUT2D eigenvalue weighted by atomic mass is 35.5.